The smallest absolute Gasteiger partial charge is 0.136 e. The molecular weight excluding hydrogens is 234 g/mol. The van der Waals surface area contributed by atoms with E-state index in [9.17, 15) is 0 Å². The minimum Gasteiger partial charge on any atom is -0.496 e. The zero-order chi connectivity index (χ0) is 14.0. The standard InChI is InChI=1S/C17H24NO/c1-4-12-18(13-5-2,14-15-19-6-3)16-17-10-8-7-9-11-17/h4-11H,1-3,12-16H2/q+1. The second-order valence-electron chi connectivity index (χ2n) is 4.69. The Morgan fingerprint density at radius 1 is 1.00 bits per heavy atom. The number of hydrogen-bond acceptors (Lipinski definition) is 1. The molecule has 0 radical (unpaired) electrons. The van der Waals surface area contributed by atoms with Crippen molar-refractivity contribution in [1.82, 2.24) is 0 Å². The molecule has 19 heavy (non-hydrogen) atoms. The molecule has 0 atom stereocenters. The van der Waals surface area contributed by atoms with E-state index >= 15 is 0 Å². The second kappa shape index (κ2) is 8.33. The van der Waals surface area contributed by atoms with Crippen molar-refractivity contribution in [3.63, 3.8) is 0 Å². The summed E-state index contributed by atoms with van der Waals surface area (Å²) in [4.78, 5) is 0. The molecule has 1 rings (SSSR count). The van der Waals surface area contributed by atoms with Crippen LogP contribution in [-0.2, 0) is 11.3 Å². The summed E-state index contributed by atoms with van der Waals surface area (Å²) in [5.41, 5.74) is 1.32. The predicted octanol–water partition coefficient (Wildman–Crippen LogP) is 3.54. The molecule has 0 heterocycles. The van der Waals surface area contributed by atoms with E-state index in [4.69, 9.17) is 4.74 Å². The maximum absolute atomic E-state index is 5.30. The van der Waals surface area contributed by atoms with Gasteiger partial charge in [0.05, 0.1) is 19.4 Å². The summed E-state index contributed by atoms with van der Waals surface area (Å²) in [5.74, 6) is 0. The van der Waals surface area contributed by atoms with E-state index in [1.165, 1.54) is 11.8 Å². The Balaban J connectivity index is 2.83. The first kappa shape index (κ1) is 15.3. The Hall–Kier alpha value is -1.80. The molecule has 1 aromatic rings. The fourth-order valence-corrected chi connectivity index (χ4v) is 2.31. The molecule has 102 valence electrons. The van der Waals surface area contributed by atoms with Crippen molar-refractivity contribution < 1.29 is 9.22 Å². The predicted molar refractivity (Wildman–Crippen MR) is 81.6 cm³/mol. The van der Waals surface area contributed by atoms with Gasteiger partial charge in [0.25, 0.3) is 0 Å². The minimum absolute atomic E-state index is 0.665. The van der Waals surface area contributed by atoms with Crippen molar-refractivity contribution in [1.29, 1.82) is 0 Å². The molecule has 0 bridgehead atoms. The van der Waals surface area contributed by atoms with Crippen molar-refractivity contribution in [2.45, 2.75) is 6.54 Å². The number of nitrogens with zero attached hydrogens (tertiary/aromatic N) is 1. The van der Waals surface area contributed by atoms with E-state index in [0.717, 1.165) is 30.7 Å². The Morgan fingerprint density at radius 3 is 2.16 bits per heavy atom. The van der Waals surface area contributed by atoms with E-state index in [2.05, 4.69) is 44.0 Å². The topological polar surface area (TPSA) is 9.23 Å². The largest absolute Gasteiger partial charge is 0.496 e. The van der Waals surface area contributed by atoms with Crippen molar-refractivity contribution in [3.05, 3.63) is 74.0 Å². The van der Waals surface area contributed by atoms with E-state index in [1.807, 2.05) is 18.2 Å². The third-order valence-electron chi connectivity index (χ3n) is 3.19. The monoisotopic (exact) mass is 258 g/mol. The van der Waals surface area contributed by atoms with Gasteiger partial charge in [-0.2, -0.15) is 0 Å². The molecule has 2 heteroatoms. The second-order valence-corrected chi connectivity index (χ2v) is 4.69. The van der Waals surface area contributed by atoms with Gasteiger partial charge in [0.1, 0.15) is 19.7 Å². The highest BCUT2D eigenvalue weighted by molar-refractivity contribution is 5.13. The lowest BCUT2D eigenvalue weighted by Crippen LogP contribution is -2.49. The summed E-state index contributed by atoms with van der Waals surface area (Å²) >= 11 is 0. The highest BCUT2D eigenvalue weighted by atomic mass is 16.5. The normalized spacial score (nSPS) is 10.7. The van der Waals surface area contributed by atoms with Crippen LogP contribution in [0.1, 0.15) is 5.56 Å². The molecule has 0 aliphatic rings. The highest BCUT2D eigenvalue weighted by Gasteiger charge is 2.24. The molecule has 0 saturated carbocycles. The molecule has 0 fully saturated rings. The maximum Gasteiger partial charge on any atom is 0.136 e. The first-order chi connectivity index (χ1) is 9.26. The van der Waals surface area contributed by atoms with Gasteiger partial charge in [-0.05, 0) is 12.2 Å². The maximum atomic E-state index is 5.30. The van der Waals surface area contributed by atoms with Crippen LogP contribution >= 0.6 is 0 Å². The van der Waals surface area contributed by atoms with Crippen LogP contribution in [0.3, 0.4) is 0 Å². The lowest BCUT2D eigenvalue weighted by Gasteiger charge is -2.37. The molecule has 1 aromatic carbocycles. The first-order valence-corrected chi connectivity index (χ1v) is 6.59. The third-order valence-corrected chi connectivity index (χ3v) is 3.19. The van der Waals surface area contributed by atoms with E-state index in [-0.39, 0.29) is 0 Å². The number of hydrogen-bond donors (Lipinski definition) is 0. The Kier molecular flexibility index (Phi) is 6.69. The molecule has 0 spiro atoms. The van der Waals surface area contributed by atoms with Crippen LogP contribution < -0.4 is 0 Å². The SMILES string of the molecule is C=CC[N+](CC=C)(CCOC=C)Cc1ccccc1. The molecule has 0 unspecified atom stereocenters. The lowest BCUT2D eigenvalue weighted by atomic mass is 10.1. The Morgan fingerprint density at radius 2 is 1.63 bits per heavy atom. The molecule has 0 aliphatic carbocycles. The molecule has 0 amide bonds. The zero-order valence-corrected chi connectivity index (χ0v) is 11.6. The molecule has 2 nitrogen and oxygen atoms in total. The van der Waals surface area contributed by atoms with Crippen LogP contribution in [0.4, 0.5) is 0 Å². The van der Waals surface area contributed by atoms with Gasteiger partial charge in [0.2, 0.25) is 0 Å². The molecule has 0 N–H and O–H groups in total. The van der Waals surface area contributed by atoms with Gasteiger partial charge < -0.3 is 9.22 Å². The minimum atomic E-state index is 0.665. The average Bonchev–Trinajstić information content (AvgIpc) is 2.41. The van der Waals surface area contributed by atoms with E-state index in [0.29, 0.717) is 6.61 Å². The van der Waals surface area contributed by atoms with Gasteiger partial charge in [-0.1, -0.05) is 50.1 Å². The molecular formula is C17H24NO+. The van der Waals surface area contributed by atoms with Crippen molar-refractivity contribution in [2.24, 2.45) is 0 Å². The lowest BCUT2D eigenvalue weighted by molar-refractivity contribution is -0.930. The van der Waals surface area contributed by atoms with Gasteiger partial charge in [-0.15, -0.1) is 0 Å². The van der Waals surface area contributed by atoms with Crippen LogP contribution in [0, 0.1) is 0 Å². The van der Waals surface area contributed by atoms with Gasteiger partial charge in [-0.25, -0.2) is 0 Å². The van der Waals surface area contributed by atoms with Crippen LogP contribution in [0.15, 0.2) is 68.5 Å². The number of quaternary nitrogens is 1. The fourth-order valence-electron chi connectivity index (χ4n) is 2.31. The van der Waals surface area contributed by atoms with Gasteiger partial charge in [0, 0.05) is 5.56 Å². The van der Waals surface area contributed by atoms with Gasteiger partial charge in [0.15, 0.2) is 0 Å². The summed E-state index contributed by atoms with van der Waals surface area (Å²) in [6, 6.07) is 10.5. The molecule has 0 aliphatic heterocycles. The number of rotatable bonds is 10. The Labute approximate surface area is 116 Å². The quantitative estimate of drug-likeness (QED) is 0.270. The van der Waals surface area contributed by atoms with Crippen LogP contribution in [0.25, 0.3) is 0 Å². The first-order valence-electron chi connectivity index (χ1n) is 6.59. The van der Waals surface area contributed by atoms with Crippen LogP contribution in [0.5, 0.6) is 0 Å². The number of ether oxygens (including phenoxy) is 1. The van der Waals surface area contributed by atoms with E-state index in [1.54, 1.807) is 0 Å². The zero-order valence-electron chi connectivity index (χ0n) is 11.6. The van der Waals surface area contributed by atoms with Gasteiger partial charge >= 0.3 is 0 Å². The highest BCUT2D eigenvalue weighted by Crippen LogP contribution is 2.15. The summed E-state index contributed by atoms with van der Waals surface area (Å²) in [6.07, 6.45) is 5.44. The van der Waals surface area contributed by atoms with E-state index < -0.39 is 0 Å². The summed E-state index contributed by atoms with van der Waals surface area (Å²) < 4.78 is 6.18. The van der Waals surface area contributed by atoms with Gasteiger partial charge in [-0.3, -0.25) is 0 Å². The molecule has 0 saturated heterocycles. The summed E-state index contributed by atoms with van der Waals surface area (Å²) in [7, 11) is 0. The van der Waals surface area contributed by atoms with Crippen molar-refractivity contribution in [3.8, 4) is 0 Å². The average molecular weight is 258 g/mol. The van der Waals surface area contributed by atoms with Crippen LogP contribution in [0.2, 0.25) is 0 Å². The van der Waals surface area contributed by atoms with Crippen molar-refractivity contribution >= 4 is 0 Å². The summed E-state index contributed by atoms with van der Waals surface area (Å²) in [5, 5.41) is 0. The van der Waals surface area contributed by atoms with Crippen LogP contribution in [-0.4, -0.2) is 30.7 Å². The Bertz CT molecular complexity index is 387. The summed E-state index contributed by atoms with van der Waals surface area (Å²) in [6.45, 7) is 15.7. The fraction of sp³-hybridized carbons (Fsp3) is 0.294. The number of benzene rings is 1. The third kappa shape index (κ3) is 5.14. The molecule has 0 aromatic heterocycles. The van der Waals surface area contributed by atoms with Crippen molar-refractivity contribution in [2.75, 3.05) is 26.2 Å².